The second-order valence-corrected chi connectivity index (χ2v) is 5.68. The van der Waals surface area contributed by atoms with Gasteiger partial charge >= 0.3 is 0 Å². The Hall–Kier alpha value is -1.33. The number of hydrogen-bond acceptors (Lipinski definition) is 4. The summed E-state index contributed by atoms with van der Waals surface area (Å²) >= 11 is 0. The second kappa shape index (κ2) is 6.20. The third kappa shape index (κ3) is 2.72. The predicted octanol–water partition coefficient (Wildman–Crippen LogP) is 1.96. The maximum absolute atomic E-state index is 12.6. The molecule has 0 aromatic carbocycles. The fraction of sp³-hybridized carbons (Fsp3) is 0.600. The molecule has 0 saturated carbocycles. The van der Waals surface area contributed by atoms with E-state index in [0.29, 0.717) is 30.0 Å². The molecule has 1 N–H and O–H groups in total. The summed E-state index contributed by atoms with van der Waals surface area (Å²) in [7, 11) is 0. The molecule has 0 radical (unpaired) electrons. The van der Waals surface area contributed by atoms with E-state index >= 15 is 0 Å². The standard InChI is InChI=1S/C15H20N2O3.ClH/c1-9-8-16-6-7-17(9)15(19)14-10(2)13-11(18)4-3-5-12(13)20-14;/h9,16H,3-8H2,1-2H3;1H/t9-;/m1./s1. The Kier molecular flexibility index (Phi) is 4.74. The molecule has 2 aliphatic rings. The van der Waals surface area contributed by atoms with Crippen LogP contribution >= 0.6 is 12.4 Å². The first-order valence-electron chi connectivity index (χ1n) is 7.26. The fourth-order valence-electron chi connectivity index (χ4n) is 3.13. The van der Waals surface area contributed by atoms with Gasteiger partial charge in [0.25, 0.3) is 5.91 Å². The van der Waals surface area contributed by atoms with Crippen LogP contribution in [0.3, 0.4) is 0 Å². The number of fused-ring (bicyclic) bond motifs is 1. The first-order valence-corrected chi connectivity index (χ1v) is 7.26. The molecule has 1 aromatic rings. The summed E-state index contributed by atoms with van der Waals surface area (Å²) < 4.78 is 5.74. The maximum Gasteiger partial charge on any atom is 0.290 e. The summed E-state index contributed by atoms with van der Waals surface area (Å²) in [5.41, 5.74) is 1.38. The SMILES string of the molecule is Cc1c(C(=O)N2CCNC[C@H]2C)oc2c1C(=O)CCC2.Cl. The van der Waals surface area contributed by atoms with Gasteiger partial charge in [-0.2, -0.15) is 0 Å². The normalized spacial score (nSPS) is 21.7. The zero-order valence-electron chi connectivity index (χ0n) is 12.4. The molecule has 1 fully saturated rings. The van der Waals surface area contributed by atoms with Crippen molar-refractivity contribution < 1.29 is 14.0 Å². The van der Waals surface area contributed by atoms with E-state index in [1.54, 1.807) is 0 Å². The van der Waals surface area contributed by atoms with Crippen LogP contribution in [-0.4, -0.2) is 42.3 Å². The number of nitrogens with zero attached hydrogens (tertiary/aromatic N) is 1. The van der Waals surface area contributed by atoms with Crippen LogP contribution in [0.25, 0.3) is 0 Å². The Balaban J connectivity index is 0.00000161. The van der Waals surface area contributed by atoms with E-state index in [1.165, 1.54) is 0 Å². The highest BCUT2D eigenvalue weighted by atomic mass is 35.5. The number of amides is 1. The highest BCUT2D eigenvalue weighted by Crippen LogP contribution is 2.30. The summed E-state index contributed by atoms with van der Waals surface area (Å²) in [4.78, 5) is 26.5. The average molecular weight is 313 g/mol. The Morgan fingerprint density at radius 1 is 1.38 bits per heavy atom. The van der Waals surface area contributed by atoms with Crippen LogP contribution in [-0.2, 0) is 6.42 Å². The number of nitrogens with one attached hydrogen (secondary N) is 1. The van der Waals surface area contributed by atoms with Gasteiger partial charge in [-0.05, 0) is 20.3 Å². The van der Waals surface area contributed by atoms with Gasteiger partial charge in [-0.25, -0.2) is 0 Å². The molecule has 5 nitrogen and oxygen atoms in total. The van der Waals surface area contributed by atoms with Crippen LogP contribution in [0.5, 0.6) is 0 Å². The molecule has 1 amide bonds. The van der Waals surface area contributed by atoms with E-state index in [0.717, 1.165) is 31.5 Å². The van der Waals surface area contributed by atoms with Gasteiger partial charge in [0.2, 0.25) is 0 Å². The first-order chi connectivity index (χ1) is 9.59. The molecular weight excluding hydrogens is 292 g/mol. The first kappa shape index (κ1) is 16.0. The van der Waals surface area contributed by atoms with E-state index in [2.05, 4.69) is 5.32 Å². The molecule has 0 spiro atoms. The Bertz CT molecular complexity index is 568. The topological polar surface area (TPSA) is 62.6 Å². The molecule has 1 aliphatic carbocycles. The van der Waals surface area contributed by atoms with Crippen LogP contribution in [0.2, 0.25) is 0 Å². The fourth-order valence-corrected chi connectivity index (χ4v) is 3.13. The lowest BCUT2D eigenvalue weighted by molar-refractivity contribution is 0.0619. The lowest BCUT2D eigenvalue weighted by Gasteiger charge is -2.33. The number of rotatable bonds is 1. The number of hydrogen-bond donors (Lipinski definition) is 1. The zero-order chi connectivity index (χ0) is 14.3. The smallest absolute Gasteiger partial charge is 0.290 e. The summed E-state index contributed by atoms with van der Waals surface area (Å²) in [6.07, 6.45) is 2.13. The van der Waals surface area contributed by atoms with Gasteiger partial charge in [-0.1, -0.05) is 0 Å². The number of furan rings is 1. The largest absolute Gasteiger partial charge is 0.455 e. The van der Waals surface area contributed by atoms with E-state index in [9.17, 15) is 9.59 Å². The number of ketones is 1. The minimum atomic E-state index is -0.0845. The van der Waals surface area contributed by atoms with Crippen molar-refractivity contribution in [2.24, 2.45) is 0 Å². The number of carbonyl (C=O) groups excluding carboxylic acids is 2. The van der Waals surface area contributed by atoms with Gasteiger partial charge in [0, 0.05) is 44.1 Å². The van der Waals surface area contributed by atoms with Crippen LogP contribution < -0.4 is 5.32 Å². The van der Waals surface area contributed by atoms with Crippen LogP contribution in [0.1, 0.15) is 52.0 Å². The van der Waals surface area contributed by atoms with Crippen molar-refractivity contribution in [1.82, 2.24) is 10.2 Å². The quantitative estimate of drug-likeness (QED) is 0.861. The van der Waals surface area contributed by atoms with E-state index in [4.69, 9.17) is 4.42 Å². The van der Waals surface area contributed by atoms with E-state index < -0.39 is 0 Å². The number of Topliss-reactive ketones (excluding diaryl/α,β-unsaturated/α-hetero) is 1. The highest BCUT2D eigenvalue weighted by Gasteiger charge is 2.32. The summed E-state index contributed by atoms with van der Waals surface area (Å²) in [5, 5.41) is 3.26. The van der Waals surface area contributed by atoms with Crippen molar-refractivity contribution in [3.8, 4) is 0 Å². The number of halogens is 1. The molecule has 1 aliphatic heterocycles. The summed E-state index contributed by atoms with van der Waals surface area (Å²) in [5.74, 6) is 1.09. The summed E-state index contributed by atoms with van der Waals surface area (Å²) in [6, 6.07) is 0.147. The van der Waals surface area contributed by atoms with Crippen molar-refractivity contribution in [2.45, 2.75) is 39.2 Å². The molecule has 3 rings (SSSR count). The second-order valence-electron chi connectivity index (χ2n) is 5.68. The Morgan fingerprint density at radius 3 is 2.81 bits per heavy atom. The van der Waals surface area contributed by atoms with Gasteiger partial charge in [0.15, 0.2) is 11.5 Å². The van der Waals surface area contributed by atoms with E-state index in [1.807, 2.05) is 18.7 Å². The third-order valence-corrected chi connectivity index (χ3v) is 4.26. The van der Waals surface area contributed by atoms with Crippen molar-refractivity contribution in [3.05, 3.63) is 22.6 Å². The molecule has 6 heteroatoms. The van der Waals surface area contributed by atoms with Crippen molar-refractivity contribution in [3.63, 3.8) is 0 Å². The molecule has 0 unspecified atom stereocenters. The lowest BCUT2D eigenvalue weighted by atomic mass is 9.94. The maximum atomic E-state index is 12.6. The summed E-state index contributed by atoms with van der Waals surface area (Å²) in [6.45, 7) is 6.12. The van der Waals surface area contributed by atoms with Crippen molar-refractivity contribution >= 4 is 24.1 Å². The lowest BCUT2D eigenvalue weighted by Crippen LogP contribution is -2.52. The molecular formula is C15H21ClN2O3. The minimum absolute atomic E-state index is 0. The molecule has 1 saturated heterocycles. The van der Waals surface area contributed by atoms with Gasteiger partial charge in [-0.3, -0.25) is 9.59 Å². The molecule has 116 valence electrons. The molecule has 1 aromatic heterocycles. The van der Waals surface area contributed by atoms with E-state index in [-0.39, 0.29) is 30.1 Å². The zero-order valence-corrected chi connectivity index (χ0v) is 13.2. The minimum Gasteiger partial charge on any atom is -0.455 e. The Labute approximate surface area is 130 Å². The Morgan fingerprint density at radius 2 is 2.14 bits per heavy atom. The third-order valence-electron chi connectivity index (χ3n) is 4.26. The molecule has 2 heterocycles. The highest BCUT2D eigenvalue weighted by molar-refractivity contribution is 6.03. The molecule has 1 atom stereocenters. The monoisotopic (exact) mass is 312 g/mol. The number of piperazine rings is 1. The number of aryl methyl sites for hydroxylation is 1. The average Bonchev–Trinajstić information content (AvgIpc) is 2.77. The van der Waals surface area contributed by atoms with Crippen molar-refractivity contribution in [2.75, 3.05) is 19.6 Å². The molecule has 21 heavy (non-hydrogen) atoms. The van der Waals surface area contributed by atoms with Gasteiger partial charge in [0.1, 0.15) is 5.76 Å². The van der Waals surface area contributed by atoms with Crippen LogP contribution in [0.4, 0.5) is 0 Å². The number of carbonyl (C=O) groups is 2. The van der Waals surface area contributed by atoms with Gasteiger partial charge in [0.05, 0.1) is 5.56 Å². The van der Waals surface area contributed by atoms with Gasteiger partial charge < -0.3 is 14.6 Å². The predicted molar refractivity (Wildman–Crippen MR) is 81.3 cm³/mol. The van der Waals surface area contributed by atoms with Crippen molar-refractivity contribution in [1.29, 1.82) is 0 Å². The van der Waals surface area contributed by atoms with Crippen LogP contribution in [0.15, 0.2) is 4.42 Å². The molecule has 0 bridgehead atoms. The van der Waals surface area contributed by atoms with Gasteiger partial charge in [-0.15, -0.1) is 12.4 Å². The van der Waals surface area contributed by atoms with Crippen LogP contribution in [0, 0.1) is 6.92 Å².